The van der Waals surface area contributed by atoms with Gasteiger partial charge < -0.3 is 20.7 Å². The van der Waals surface area contributed by atoms with Crippen LogP contribution in [0.15, 0.2) is 36.5 Å². The van der Waals surface area contributed by atoms with Crippen LogP contribution >= 0.6 is 0 Å². The van der Waals surface area contributed by atoms with E-state index in [2.05, 4.69) is 39.1 Å². The van der Waals surface area contributed by atoms with Crippen molar-refractivity contribution in [3.8, 4) is 16.9 Å². The summed E-state index contributed by atoms with van der Waals surface area (Å²) in [6.45, 7) is 9.83. The molecule has 29 heavy (non-hydrogen) atoms. The summed E-state index contributed by atoms with van der Waals surface area (Å²) >= 11 is 0. The summed E-state index contributed by atoms with van der Waals surface area (Å²) in [7, 11) is 1.88. The maximum atomic E-state index is 5.96. The first-order chi connectivity index (χ1) is 14.0. The summed E-state index contributed by atoms with van der Waals surface area (Å²) in [6.07, 6.45) is 1.73. The van der Waals surface area contributed by atoms with E-state index in [1.807, 2.05) is 44.3 Å². The first-order valence-corrected chi connectivity index (χ1v) is 9.86. The van der Waals surface area contributed by atoms with Gasteiger partial charge in [0.2, 0.25) is 5.95 Å². The van der Waals surface area contributed by atoms with E-state index in [-0.39, 0.29) is 5.95 Å². The van der Waals surface area contributed by atoms with Crippen LogP contribution in [-0.2, 0) is 7.05 Å². The Morgan fingerprint density at radius 3 is 2.69 bits per heavy atom. The fourth-order valence-electron chi connectivity index (χ4n) is 3.14. The van der Waals surface area contributed by atoms with Crippen molar-refractivity contribution in [2.45, 2.75) is 20.8 Å². The Morgan fingerprint density at radius 1 is 1.21 bits per heavy atom. The highest BCUT2D eigenvalue weighted by Gasteiger charge is 2.12. The molecule has 154 valence electrons. The second kappa shape index (κ2) is 9.38. The third-order valence-electron chi connectivity index (χ3n) is 4.77. The smallest absolute Gasteiger partial charge is 0.221 e. The Bertz CT molecular complexity index is 950. The van der Waals surface area contributed by atoms with Crippen LogP contribution in [0.25, 0.3) is 11.1 Å². The minimum Gasteiger partial charge on any atom is -0.492 e. The predicted molar refractivity (Wildman–Crippen MR) is 116 cm³/mol. The molecule has 0 aliphatic carbocycles. The zero-order valence-corrected chi connectivity index (χ0v) is 17.5. The quantitative estimate of drug-likeness (QED) is 0.574. The largest absolute Gasteiger partial charge is 0.492 e. The molecule has 3 aromatic rings. The minimum atomic E-state index is 0.210. The standard InChI is InChI=1S/C21H29N7O/c1-5-28(6-2)10-11-29-17-9-7-8-16(13-17)18-14-23-21(22)25-20(18)24-19-12-15(3)26-27(19)4/h7-9,12-14H,5-6,10-11H2,1-4H3,(H3,22,23,24,25). The summed E-state index contributed by atoms with van der Waals surface area (Å²) in [5.74, 6) is 2.48. The van der Waals surface area contributed by atoms with Crippen molar-refractivity contribution in [1.82, 2.24) is 24.6 Å². The zero-order chi connectivity index (χ0) is 20.8. The molecule has 0 amide bonds. The molecule has 0 aliphatic rings. The van der Waals surface area contributed by atoms with Crippen LogP contribution in [0.2, 0.25) is 0 Å². The molecule has 3 N–H and O–H groups in total. The van der Waals surface area contributed by atoms with Crippen LogP contribution in [0.1, 0.15) is 19.5 Å². The Kier molecular flexibility index (Phi) is 6.66. The molecular weight excluding hydrogens is 366 g/mol. The van der Waals surface area contributed by atoms with E-state index in [1.54, 1.807) is 10.9 Å². The van der Waals surface area contributed by atoms with E-state index in [4.69, 9.17) is 10.5 Å². The van der Waals surface area contributed by atoms with Gasteiger partial charge in [-0.1, -0.05) is 26.0 Å². The first kappa shape index (κ1) is 20.6. The number of nitrogen functional groups attached to an aromatic ring is 1. The van der Waals surface area contributed by atoms with Gasteiger partial charge in [-0.15, -0.1) is 0 Å². The summed E-state index contributed by atoms with van der Waals surface area (Å²) in [5.41, 5.74) is 8.55. The number of ether oxygens (including phenoxy) is 1. The summed E-state index contributed by atoms with van der Waals surface area (Å²) in [6, 6.07) is 9.88. The summed E-state index contributed by atoms with van der Waals surface area (Å²) < 4.78 is 7.73. The van der Waals surface area contributed by atoms with Gasteiger partial charge in [0.05, 0.1) is 5.69 Å². The zero-order valence-electron chi connectivity index (χ0n) is 17.5. The van der Waals surface area contributed by atoms with Crippen LogP contribution in [0.4, 0.5) is 17.6 Å². The molecular formula is C21H29N7O. The molecule has 0 radical (unpaired) electrons. The molecule has 1 aromatic carbocycles. The second-order valence-corrected chi connectivity index (χ2v) is 6.81. The van der Waals surface area contributed by atoms with Gasteiger partial charge in [-0.05, 0) is 37.7 Å². The van der Waals surface area contributed by atoms with E-state index < -0.39 is 0 Å². The van der Waals surface area contributed by atoms with E-state index in [1.165, 1.54) is 0 Å². The topological polar surface area (TPSA) is 94.1 Å². The Balaban J connectivity index is 1.82. The second-order valence-electron chi connectivity index (χ2n) is 6.81. The molecule has 8 nitrogen and oxygen atoms in total. The average Bonchev–Trinajstić information content (AvgIpc) is 3.02. The molecule has 0 bridgehead atoms. The Labute approximate surface area is 171 Å². The first-order valence-electron chi connectivity index (χ1n) is 9.86. The van der Waals surface area contributed by atoms with Gasteiger partial charge in [0.15, 0.2) is 0 Å². The summed E-state index contributed by atoms with van der Waals surface area (Å²) in [4.78, 5) is 10.9. The number of benzene rings is 1. The fourth-order valence-corrected chi connectivity index (χ4v) is 3.14. The van der Waals surface area contributed by atoms with Crippen LogP contribution in [0.3, 0.4) is 0 Å². The summed E-state index contributed by atoms with van der Waals surface area (Å²) in [5, 5.41) is 7.68. The number of aryl methyl sites for hydroxylation is 2. The molecule has 2 aromatic heterocycles. The van der Waals surface area contributed by atoms with Crippen LogP contribution in [0, 0.1) is 6.92 Å². The van der Waals surface area contributed by atoms with E-state index >= 15 is 0 Å². The fraction of sp³-hybridized carbons (Fsp3) is 0.381. The van der Waals surface area contributed by atoms with Gasteiger partial charge >= 0.3 is 0 Å². The molecule has 0 unspecified atom stereocenters. The Hall–Kier alpha value is -3.13. The van der Waals surface area contributed by atoms with Crippen molar-refractivity contribution >= 4 is 17.6 Å². The molecule has 0 spiro atoms. The maximum Gasteiger partial charge on any atom is 0.221 e. The highest BCUT2D eigenvalue weighted by atomic mass is 16.5. The molecule has 0 saturated carbocycles. The number of rotatable bonds is 9. The molecule has 2 heterocycles. The lowest BCUT2D eigenvalue weighted by atomic mass is 10.1. The highest BCUT2D eigenvalue weighted by Crippen LogP contribution is 2.31. The van der Waals surface area contributed by atoms with Gasteiger partial charge in [-0.2, -0.15) is 10.1 Å². The van der Waals surface area contributed by atoms with Crippen molar-refractivity contribution < 1.29 is 4.74 Å². The van der Waals surface area contributed by atoms with Gasteiger partial charge in [-0.25, -0.2) is 4.98 Å². The number of nitrogens with zero attached hydrogens (tertiary/aromatic N) is 5. The minimum absolute atomic E-state index is 0.210. The molecule has 0 atom stereocenters. The molecule has 3 rings (SSSR count). The van der Waals surface area contributed by atoms with Crippen molar-refractivity contribution in [3.63, 3.8) is 0 Å². The molecule has 0 saturated heterocycles. The van der Waals surface area contributed by atoms with E-state index in [9.17, 15) is 0 Å². The van der Waals surface area contributed by atoms with Gasteiger partial charge in [-0.3, -0.25) is 4.68 Å². The van der Waals surface area contributed by atoms with Crippen molar-refractivity contribution in [1.29, 1.82) is 0 Å². The van der Waals surface area contributed by atoms with Crippen LogP contribution < -0.4 is 15.8 Å². The monoisotopic (exact) mass is 395 g/mol. The lowest BCUT2D eigenvalue weighted by Crippen LogP contribution is -2.27. The Morgan fingerprint density at radius 2 is 2.00 bits per heavy atom. The average molecular weight is 396 g/mol. The third-order valence-corrected chi connectivity index (χ3v) is 4.77. The molecule has 0 aliphatic heterocycles. The highest BCUT2D eigenvalue weighted by molar-refractivity contribution is 5.78. The number of aromatic nitrogens is 4. The van der Waals surface area contributed by atoms with E-state index in [0.717, 1.165) is 48.0 Å². The normalized spacial score (nSPS) is 11.1. The van der Waals surface area contributed by atoms with E-state index in [0.29, 0.717) is 12.4 Å². The van der Waals surface area contributed by atoms with Gasteiger partial charge in [0.1, 0.15) is 24.0 Å². The van der Waals surface area contributed by atoms with Crippen LogP contribution in [0.5, 0.6) is 5.75 Å². The lowest BCUT2D eigenvalue weighted by Gasteiger charge is -2.18. The maximum absolute atomic E-state index is 5.96. The number of nitrogens with two attached hydrogens (primary N) is 1. The number of anilines is 3. The van der Waals surface area contributed by atoms with Crippen LogP contribution in [-0.4, -0.2) is 50.9 Å². The van der Waals surface area contributed by atoms with Crippen molar-refractivity contribution in [2.75, 3.05) is 37.3 Å². The van der Waals surface area contributed by atoms with Crippen molar-refractivity contribution in [2.24, 2.45) is 7.05 Å². The number of hydrogen-bond acceptors (Lipinski definition) is 7. The molecule has 8 heteroatoms. The SMILES string of the molecule is CCN(CC)CCOc1cccc(-c2cnc(N)nc2Nc2cc(C)nn2C)c1. The lowest BCUT2D eigenvalue weighted by molar-refractivity contribution is 0.223. The third kappa shape index (κ3) is 5.23. The van der Waals surface area contributed by atoms with Gasteiger partial charge in [0.25, 0.3) is 0 Å². The van der Waals surface area contributed by atoms with Crippen molar-refractivity contribution in [3.05, 3.63) is 42.2 Å². The number of nitrogens with one attached hydrogen (secondary N) is 1. The molecule has 0 fully saturated rings. The number of hydrogen-bond donors (Lipinski definition) is 2. The predicted octanol–water partition coefficient (Wildman–Crippen LogP) is 3.23. The number of likely N-dealkylation sites (N-methyl/N-ethyl adjacent to an activating group) is 1. The van der Waals surface area contributed by atoms with Gasteiger partial charge in [0, 0.05) is 31.4 Å².